The molecule has 2 heteroatoms. The molecule has 0 amide bonds. The Balaban J connectivity index is 2.32. The smallest absolute Gasteiger partial charge is 0.0874 e. The van der Waals surface area contributed by atoms with Crippen LogP contribution in [0.3, 0.4) is 0 Å². The SMILES string of the molecule is CCOC1(C(N)c2cccc(C)c2C)CCC(C)(C)CC1. The van der Waals surface area contributed by atoms with Gasteiger partial charge in [0, 0.05) is 6.61 Å². The predicted molar refractivity (Wildman–Crippen MR) is 89.5 cm³/mol. The van der Waals surface area contributed by atoms with Gasteiger partial charge in [-0.05, 0) is 68.6 Å². The quantitative estimate of drug-likeness (QED) is 0.873. The summed E-state index contributed by atoms with van der Waals surface area (Å²) in [4.78, 5) is 0. The second-order valence-corrected chi connectivity index (χ2v) is 7.43. The summed E-state index contributed by atoms with van der Waals surface area (Å²) in [5.41, 5.74) is 10.8. The fraction of sp³-hybridized carbons (Fsp3) is 0.684. The van der Waals surface area contributed by atoms with Gasteiger partial charge in [-0.1, -0.05) is 32.0 Å². The van der Waals surface area contributed by atoms with E-state index in [9.17, 15) is 0 Å². The van der Waals surface area contributed by atoms with Crippen molar-refractivity contribution in [3.63, 3.8) is 0 Å². The van der Waals surface area contributed by atoms with Crippen LogP contribution in [0.15, 0.2) is 18.2 Å². The van der Waals surface area contributed by atoms with Crippen molar-refractivity contribution in [1.82, 2.24) is 0 Å². The molecule has 1 saturated carbocycles. The van der Waals surface area contributed by atoms with E-state index in [1.54, 1.807) is 0 Å². The van der Waals surface area contributed by atoms with Crippen molar-refractivity contribution in [3.05, 3.63) is 34.9 Å². The molecule has 118 valence electrons. The van der Waals surface area contributed by atoms with Gasteiger partial charge in [-0.2, -0.15) is 0 Å². The normalized spacial score (nSPS) is 22.0. The van der Waals surface area contributed by atoms with Gasteiger partial charge >= 0.3 is 0 Å². The Morgan fingerprint density at radius 1 is 1.14 bits per heavy atom. The van der Waals surface area contributed by atoms with E-state index < -0.39 is 0 Å². The molecule has 0 aromatic heterocycles. The van der Waals surface area contributed by atoms with Gasteiger partial charge in [0.25, 0.3) is 0 Å². The highest BCUT2D eigenvalue weighted by Crippen LogP contribution is 2.47. The maximum Gasteiger partial charge on any atom is 0.0874 e. The van der Waals surface area contributed by atoms with E-state index in [2.05, 4.69) is 52.8 Å². The van der Waals surface area contributed by atoms with Gasteiger partial charge in [-0.15, -0.1) is 0 Å². The number of hydrogen-bond acceptors (Lipinski definition) is 2. The fourth-order valence-corrected chi connectivity index (χ4v) is 3.58. The summed E-state index contributed by atoms with van der Waals surface area (Å²) in [7, 11) is 0. The minimum absolute atomic E-state index is 0.0338. The van der Waals surface area contributed by atoms with Gasteiger partial charge in [-0.25, -0.2) is 0 Å². The number of nitrogens with two attached hydrogens (primary N) is 1. The molecule has 21 heavy (non-hydrogen) atoms. The molecule has 0 saturated heterocycles. The molecule has 1 aromatic rings. The first-order valence-corrected chi connectivity index (χ1v) is 8.27. The van der Waals surface area contributed by atoms with Crippen molar-refractivity contribution < 1.29 is 4.74 Å². The molecule has 1 atom stereocenters. The number of hydrogen-bond donors (Lipinski definition) is 1. The van der Waals surface area contributed by atoms with Crippen LogP contribution in [0, 0.1) is 19.3 Å². The molecule has 1 aliphatic rings. The van der Waals surface area contributed by atoms with E-state index in [0.717, 1.165) is 19.4 Å². The minimum Gasteiger partial charge on any atom is -0.373 e. The van der Waals surface area contributed by atoms with Crippen LogP contribution in [-0.4, -0.2) is 12.2 Å². The monoisotopic (exact) mass is 289 g/mol. The van der Waals surface area contributed by atoms with E-state index in [0.29, 0.717) is 5.41 Å². The zero-order chi connectivity index (χ0) is 15.7. The Morgan fingerprint density at radius 2 is 1.76 bits per heavy atom. The maximum atomic E-state index is 6.72. The molecular formula is C19H31NO. The lowest BCUT2D eigenvalue weighted by atomic mass is 9.67. The zero-order valence-electron chi connectivity index (χ0n) is 14.3. The Kier molecular flexibility index (Phi) is 4.79. The second-order valence-electron chi connectivity index (χ2n) is 7.43. The van der Waals surface area contributed by atoms with Gasteiger partial charge in [0.2, 0.25) is 0 Å². The van der Waals surface area contributed by atoms with E-state index >= 15 is 0 Å². The molecule has 1 aromatic carbocycles. The third-order valence-electron chi connectivity index (χ3n) is 5.43. The van der Waals surface area contributed by atoms with Gasteiger partial charge < -0.3 is 10.5 Å². The first-order chi connectivity index (χ1) is 9.81. The Hall–Kier alpha value is -0.860. The van der Waals surface area contributed by atoms with Gasteiger partial charge in [0.05, 0.1) is 11.6 Å². The molecule has 0 aliphatic heterocycles. The Bertz CT molecular complexity index is 482. The molecule has 2 nitrogen and oxygen atoms in total. The van der Waals surface area contributed by atoms with E-state index in [4.69, 9.17) is 10.5 Å². The number of ether oxygens (including phenoxy) is 1. The summed E-state index contributed by atoms with van der Waals surface area (Å²) >= 11 is 0. The van der Waals surface area contributed by atoms with Crippen molar-refractivity contribution in [2.24, 2.45) is 11.1 Å². The molecule has 2 rings (SSSR count). The number of rotatable bonds is 4. The van der Waals surface area contributed by atoms with Gasteiger partial charge in [0.15, 0.2) is 0 Å². The second kappa shape index (κ2) is 6.10. The fourth-order valence-electron chi connectivity index (χ4n) is 3.58. The van der Waals surface area contributed by atoms with Crippen molar-refractivity contribution >= 4 is 0 Å². The summed E-state index contributed by atoms with van der Waals surface area (Å²) in [5.74, 6) is 0. The van der Waals surface area contributed by atoms with Crippen LogP contribution < -0.4 is 5.73 Å². The van der Waals surface area contributed by atoms with Crippen molar-refractivity contribution in [3.8, 4) is 0 Å². The predicted octanol–water partition coefficient (Wildman–Crippen LogP) is 4.68. The van der Waals surface area contributed by atoms with Crippen LogP contribution >= 0.6 is 0 Å². The van der Waals surface area contributed by atoms with Crippen LogP contribution in [-0.2, 0) is 4.74 Å². The van der Waals surface area contributed by atoms with Crippen LogP contribution in [0.4, 0.5) is 0 Å². The molecule has 0 radical (unpaired) electrons. The van der Waals surface area contributed by atoms with Gasteiger partial charge in [-0.3, -0.25) is 0 Å². The zero-order valence-corrected chi connectivity index (χ0v) is 14.3. The van der Waals surface area contributed by atoms with Crippen LogP contribution in [0.5, 0.6) is 0 Å². The molecule has 0 spiro atoms. The maximum absolute atomic E-state index is 6.72. The summed E-state index contributed by atoms with van der Waals surface area (Å²) in [6.45, 7) is 11.9. The summed E-state index contributed by atoms with van der Waals surface area (Å²) < 4.78 is 6.25. The average Bonchev–Trinajstić information content (AvgIpc) is 2.44. The standard InChI is InChI=1S/C19H31NO/c1-6-21-19(12-10-18(4,5)11-13-19)17(20)16-9-7-8-14(2)15(16)3/h7-9,17H,6,10-13,20H2,1-5H3. The lowest BCUT2D eigenvalue weighted by Crippen LogP contribution is -2.48. The molecule has 0 bridgehead atoms. The topological polar surface area (TPSA) is 35.2 Å². The largest absolute Gasteiger partial charge is 0.373 e. The Morgan fingerprint density at radius 3 is 2.33 bits per heavy atom. The van der Waals surface area contributed by atoms with Gasteiger partial charge in [0.1, 0.15) is 0 Å². The third kappa shape index (κ3) is 3.32. The summed E-state index contributed by atoms with van der Waals surface area (Å²) in [6.07, 6.45) is 4.49. The van der Waals surface area contributed by atoms with Crippen LogP contribution in [0.1, 0.15) is 69.2 Å². The molecule has 0 heterocycles. The molecule has 1 unspecified atom stereocenters. The summed E-state index contributed by atoms with van der Waals surface area (Å²) in [5, 5.41) is 0. The molecule has 2 N–H and O–H groups in total. The average molecular weight is 289 g/mol. The molecular weight excluding hydrogens is 258 g/mol. The minimum atomic E-state index is -0.192. The molecule has 1 aliphatic carbocycles. The first-order valence-electron chi connectivity index (χ1n) is 8.27. The van der Waals surface area contributed by atoms with Crippen molar-refractivity contribution in [2.75, 3.05) is 6.61 Å². The van der Waals surface area contributed by atoms with E-state index in [-0.39, 0.29) is 11.6 Å². The first kappa shape index (κ1) is 16.5. The number of benzene rings is 1. The number of aryl methyl sites for hydroxylation is 1. The third-order valence-corrected chi connectivity index (χ3v) is 5.43. The summed E-state index contributed by atoms with van der Waals surface area (Å²) in [6, 6.07) is 6.41. The lowest BCUT2D eigenvalue weighted by molar-refractivity contribution is -0.100. The highest BCUT2D eigenvalue weighted by molar-refractivity contribution is 5.36. The van der Waals surface area contributed by atoms with E-state index in [1.807, 2.05) is 0 Å². The van der Waals surface area contributed by atoms with Crippen LogP contribution in [0.25, 0.3) is 0 Å². The Labute approximate surface area is 130 Å². The highest BCUT2D eigenvalue weighted by Gasteiger charge is 2.44. The van der Waals surface area contributed by atoms with Crippen molar-refractivity contribution in [2.45, 2.75) is 71.9 Å². The van der Waals surface area contributed by atoms with Crippen molar-refractivity contribution in [1.29, 1.82) is 0 Å². The van der Waals surface area contributed by atoms with Crippen LogP contribution in [0.2, 0.25) is 0 Å². The lowest BCUT2D eigenvalue weighted by Gasteiger charge is -2.47. The van der Waals surface area contributed by atoms with E-state index in [1.165, 1.54) is 29.5 Å². The molecule has 1 fully saturated rings. The highest BCUT2D eigenvalue weighted by atomic mass is 16.5.